The molecule has 0 saturated carbocycles. The van der Waals surface area contributed by atoms with E-state index in [1.807, 2.05) is 68.5 Å². The summed E-state index contributed by atoms with van der Waals surface area (Å²) in [5.74, 6) is -0.767. The van der Waals surface area contributed by atoms with Crippen LogP contribution < -0.4 is 0 Å². The summed E-state index contributed by atoms with van der Waals surface area (Å²) >= 11 is 0. The lowest BCUT2D eigenvalue weighted by molar-refractivity contribution is -0.530. The molecule has 0 aromatic heterocycles. The van der Waals surface area contributed by atoms with Crippen molar-refractivity contribution in [3.63, 3.8) is 0 Å². The molecule has 2 aromatic rings. The van der Waals surface area contributed by atoms with E-state index in [1.165, 1.54) is 0 Å². The van der Waals surface area contributed by atoms with E-state index in [1.54, 1.807) is 0 Å². The first kappa shape index (κ1) is 17.1. The molecule has 0 aliphatic heterocycles. The molecule has 0 radical (unpaired) electrons. The van der Waals surface area contributed by atoms with Crippen LogP contribution in [-0.4, -0.2) is 17.3 Å². The number of nitro groups is 1. The highest BCUT2D eigenvalue weighted by Crippen LogP contribution is 2.44. The summed E-state index contributed by atoms with van der Waals surface area (Å²) in [6.07, 6.45) is 3.16. The summed E-state index contributed by atoms with van der Waals surface area (Å²) < 4.78 is 0. The second kappa shape index (κ2) is 7.01. The van der Waals surface area contributed by atoms with E-state index in [9.17, 15) is 14.9 Å². The number of rotatable bonds is 4. The average molecular weight is 335 g/mol. The van der Waals surface area contributed by atoms with Gasteiger partial charge in [-0.15, -0.1) is 0 Å². The topological polar surface area (TPSA) is 60.2 Å². The first-order valence-electron chi connectivity index (χ1n) is 8.44. The van der Waals surface area contributed by atoms with Gasteiger partial charge >= 0.3 is 0 Å². The Morgan fingerprint density at radius 3 is 2.08 bits per heavy atom. The van der Waals surface area contributed by atoms with E-state index in [-0.39, 0.29) is 10.8 Å². The molecular formula is C21H21NO3. The highest BCUT2D eigenvalue weighted by Gasteiger charge is 2.45. The Bertz CT molecular complexity index is 841. The zero-order chi connectivity index (χ0) is 18.0. The summed E-state index contributed by atoms with van der Waals surface area (Å²) in [5.41, 5.74) is 4.38. The van der Waals surface area contributed by atoms with Crippen LogP contribution in [-0.2, 0) is 4.79 Å². The fourth-order valence-electron chi connectivity index (χ4n) is 3.96. The number of hydrogen-bond acceptors (Lipinski definition) is 3. The SMILES string of the molecule is Cc1ccccc1[C@H]1C(C=O)=CC[C@@H](c2ccccc2C)[C@@H]1[N+](=O)[O-]. The standard InChI is InChI=1S/C21H21NO3/c1-14-7-3-5-9-17(14)19-12-11-16(13-23)20(21(19)22(24)25)18-10-6-4-8-15(18)2/h3-11,13,19-21H,12H2,1-2H3/t19-,20+,21-/m0/s1. The van der Waals surface area contributed by atoms with E-state index in [0.717, 1.165) is 28.5 Å². The quantitative estimate of drug-likeness (QED) is 0.474. The van der Waals surface area contributed by atoms with E-state index in [4.69, 9.17) is 0 Å². The zero-order valence-corrected chi connectivity index (χ0v) is 14.4. The zero-order valence-electron chi connectivity index (χ0n) is 14.4. The highest BCUT2D eigenvalue weighted by atomic mass is 16.6. The third-order valence-electron chi connectivity index (χ3n) is 5.21. The van der Waals surface area contributed by atoms with Crippen LogP contribution in [0.4, 0.5) is 0 Å². The van der Waals surface area contributed by atoms with E-state index in [2.05, 4.69) is 0 Å². The molecule has 0 saturated heterocycles. The number of benzene rings is 2. The van der Waals surface area contributed by atoms with Crippen molar-refractivity contribution >= 4 is 6.29 Å². The molecule has 2 aromatic carbocycles. The van der Waals surface area contributed by atoms with Crippen molar-refractivity contribution < 1.29 is 9.72 Å². The van der Waals surface area contributed by atoms with Crippen molar-refractivity contribution in [3.05, 3.63) is 92.5 Å². The molecule has 1 aliphatic carbocycles. The molecule has 25 heavy (non-hydrogen) atoms. The summed E-state index contributed by atoms with van der Waals surface area (Å²) in [4.78, 5) is 23.5. The third kappa shape index (κ3) is 3.12. The molecule has 1 aliphatic rings. The van der Waals surface area contributed by atoms with Crippen molar-refractivity contribution in [2.45, 2.75) is 38.1 Å². The molecule has 0 heterocycles. The van der Waals surface area contributed by atoms with Gasteiger partial charge in [0.2, 0.25) is 6.04 Å². The number of nitrogens with zero attached hydrogens (tertiary/aromatic N) is 1. The first-order valence-corrected chi connectivity index (χ1v) is 8.44. The number of hydrogen-bond donors (Lipinski definition) is 0. The normalized spacial score (nSPS) is 23.0. The summed E-state index contributed by atoms with van der Waals surface area (Å²) in [5, 5.41) is 12.1. The van der Waals surface area contributed by atoms with Crippen LogP contribution in [0.15, 0.2) is 60.2 Å². The van der Waals surface area contributed by atoms with Crippen LogP contribution in [0.2, 0.25) is 0 Å². The largest absolute Gasteiger partial charge is 0.298 e. The molecule has 3 rings (SSSR count). The third-order valence-corrected chi connectivity index (χ3v) is 5.21. The Balaban J connectivity index is 2.17. The summed E-state index contributed by atoms with van der Waals surface area (Å²) in [7, 11) is 0. The number of carbonyl (C=O) groups is 1. The molecule has 3 atom stereocenters. The van der Waals surface area contributed by atoms with Crippen molar-refractivity contribution in [1.82, 2.24) is 0 Å². The molecule has 0 amide bonds. The lowest BCUT2D eigenvalue weighted by Gasteiger charge is -2.33. The predicted molar refractivity (Wildman–Crippen MR) is 97.4 cm³/mol. The molecule has 4 heteroatoms. The van der Waals surface area contributed by atoms with Crippen molar-refractivity contribution in [2.75, 3.05) is 0 Å². The summed E-state index contributed by atoms with van der Waals surface area (Å²) in [6, 6.07) is 14.6. The molecule has 128 valence electrons. The predicted octanol–water partition coefficient (Wildman–Crippen LogP) is 4.35. The van der Waals surface area contributed by atoms with Crippen LogP contribution in [0.1, 0.15) is 40.5 Å². The van der Waals surface area contributed by atoms with Crippen LogP contribution in [0.3, 0.4) is 0 Å². The van der Waals surface area contributed by atoms with Gasteiger partial charge in [-0.05, 0) is 42.5 Å². The Morgan fingerprint density at radius 1 is 1.00 bits per heavy atom. The van der Waals surface area contributed by atoms with Gasteiger partial charge in [-0.25, -0.2) is 0 Å². The van der Waals surface area contributed by atoms with Gasteiger partial charge in [0, 0.05) is 10.5 Å². The van der Waals surface area contributed by atoms with Crippen LogP contribution in [0.25, 0.3) is 0 Å². The van der Waals surface area contributed by atoms with Gasteiger partial charge in [0.25, 0.3) is 0 Å². The van der Waals surface area contributed by atoms with Gasteiger partial charge < -0.3 is 0 Å². The van der Waals surface area contributed by atoms with E-state index >= 15 is 0 Å². The Morgan fingerprint density at radius 2 is 1.56 bits per heavy atom. The smallest absolute Gasteiger partial charge is 0.231 e. The number of aryl methyl sites for hydroxylation is 2. The second-order valence-electron chi connectivity index (χ2n) is 6.63. The monoisotopic (exact) mass is 335 g/mol. The van der Waals surface area contributed by atoms with Crippen molar-refractivity contribution in [1.29, 1.82) is 0 Å². The van der Waals surface area contributed by atoms with Gasteiger partial charge in [-0.3, -0.25) is 14.9 Å². The molecule has 0 N–H and O–H groups in total. The minimum absolute atomic E-state index is 0.204. The van der Waals surface area contributed by atoms with Crippen molar-refractivity contribution in [3.8, 4) is 0 Å². The van der Waals surface area contributed by atoms with E-state index < -0.39 is 12.0 Å². The highest BCUT2D eigenvalue weighted by molar-refractivity contribution is 5.77. The molecule has 0 unspecified atom stereocenters. The number of allylic oxidation sites excluding steroid dienone is 1. The average Bonchev–Trinajstić information content (AvgIpc) is 2.61. The molecular weight excluding hydrogens is 314 g/mol. The van der Waals surface area contributed by atoms with E-state index in [0.29, 0.717) is 12.0 Å². The van der Waals surface area contributed by atoms with Gasteiger partial charge in [-0.2, -0.15) is 0 Å². The van der Waals surface area contributed by atoms with Gasteiger partial charge in [0.15, 0.2) is 0 Å². The van der Waals surface area contributed by atoms with Crippen LogP contribution in [0, 0.1) is 24.0 Å². The first-order chi connectivity index (χ1) is 12.0. The minimum atomic E-state index is -0.854. The number of carbonyl (C=O) groups excluding carboxylic acids is 1. The molecule has 4 nitrogen and oxygen atoms in total. The lowest BCUT2D eigenvalue weighted by atomic mass is 9.70. The van der Waals surface area contributed by atoms with Gasteiger partial charge in [-0.1, -0.05) is 54.6 Å². The fourth-order valence-corrected chi connectivity index (χ4v) is 3.96. The minimum Gasteiger partial charge on any atom is -0.298 e. The molecule has 0 bridgehead atoms. The maximum Gasteiger partial charge on any atom is 0.231 e. The lowest BCUT2D eigenvalue weighted by Crippen LogP contribution is -2.38. The van der Waals surface area contributed by atoms with Crippen molar-refractivity contribution in [2.24, 2.45) is 0 Å². The number of aldehydes is 1. The van der Waals surface area contributed by atoms with Gasteiger partial charge in [0.1, 0.15) is 6.29 Å². The molecule has 0 spiro atoms. The maximum absolute atomic E-state index is 12.1. The Hall–Kier alpha value is -2.75. The maximum atomic E-state index is 12.1. The Kier molecular flexibility index (Phi) is 4.79. The van der Waals surface area contributed by atoms with Crippen LogP contribution in [0.5, 0.6) is 0 Å². The van der Waals surface area contributed by atoms with Crippen LogP contribution >= 0.6 is 0 Å². The molecule has 0 fully saturated rings. The summed E-state index contributed by atoms with van der Waals surface area (Å²) in [6.45, 7) is 3.92. The second-order valence-corrected chi connectivity index (χ2v) is 6.63. The fraction of sp³-hybridized carbons (Fsp3) is 0.286. The van der Waals surface area contributed by atoms with Gasteiger partial charge in [0.05, 0.1) is 11.8 Å². The Labute approximate surface area is 147 Å².